The number of sulfonamides is 1. The number of anilines is 1. The third-order valence-electron chi connectivity index (χ3n) is 5.28. The predicted molar refractivity (Wildman–Crippen MR) is 125 cm³/mol. The zero-order valence-corrected chi connectivity index (χ0v) is 19.1. The molecule has 0 unspecified atom stereocenters. The van der Waals surface area contributed by atoms with Crippen molar-refractivity contribution in [2.45, 2.75) is 45.1 Å². The van der Waals surface area contributed by atoms with Gasteiger partial charge in [0.05, 0.1) is 16.6 Å². The quantitative estimate of drug-likeness (QED) is 0.528. The number of aryl methyl sites for hydroxylation is 3. The van der Waals surface area contributed by atoms with Crippen molar-refractivity contribution in [2.75, 3.05) is 4.72 Å². The molecule has 2 N–H and O–H groups in total. The normalized spacial score (nSPS) is 12.3. The Hall–Kier alpha value is -3.12. The maximum absolute atomic E-state index is 13.1. The molecule has 0 saturated carbocycles. The number of carbonyl (C=O) groups is 1. The zero-order valence-electron chi connectivity index (χ0n) is 18.3. The van der Waals surface area contributed by atoms with Crippen molar-refractivity contribution in [1.82, 2.24) is 5.32 Å². The van der Waals surface area contributed by atoms with Crippen LogP contribution >= 0.6 is 0 Å². The van der Waals surface area contributed by atoms with Crippen molar-refractivity contribution < 1.29 is 13.2 Å². The molecular formula is C25H28N2O3S. The second kappa shape index (κ2) is 9.35. The van der Waals surface area contributed by atoms with Crippen molar-refractivity contribution in [1.29, 1.82) is 0 Å². The monoisotopic (exact) mass is 436 g/mol. The predicted octanol–water partition coefficient (Wildman–Crippen LogP) is 5.29. The summed E-state index contributed by atoms with van der Waals surface area (Å²) in [5, 5.41) is 3.01. The first-order valence-corrected chi connectivity index (χ1v) is 11.8. The van der Waals surface area contributed by atoms with Crippen LogP contribution in [-0.2, 0) is 10.0 Å². The molecular weight excluding hydrogens is 408 g/mol. The summed E-state index contributed by atoms with van der Waals surface area (Å²) in [5.41, 5.74) is 4.30. The van der Waals surface area contributed by atoms with Gasteiger partial charge in [0.25, 0.3) is 15.9 Å². The average Bonchev–Trinajstić information content (AvgIpc) is 2.74. The lowest BCUT2D eigenvalue weighted by Gasteiger charge is -2.18. The third-order valence-corrected chi connectivity index (χ3v) is 6.79. The Morgan fingerprint density at radius 1 is 0.903 bits per heavy atom. The minimum Gasteiger partial charge on any atom is -0.345 e. The average molecular weight is 437 g/mol. The SMILES string of the molecule is CC[C@@H](NC(=O)c1ccc(C)c(S(=O)(=O)Nc2ccc(C)cc2C)c1)c1ccccc1. The zero-order chi connectivity index (χ0) is 22.6. The molecule has 0 aromatic heterocycles. The van der Waals surface area contributed by atoms with Gasteiger partial charge in [-0.2, -0.15) is 0 Å². The summed E-state index contributed by atoms with van der Waals surface area (Å²) in [6.07, 6.45) is 0.723. The van der Waals surface area contributed by atoms with Crippen molar-refractivity contribution in [2.24, 2.45) is 0 Å². The summed E-state index contributed by atoms with van der Waals surface area (Å²) < 4.78 is 28.8. The van der Waals surface area contributed by atoms with Crippen LogP contribution in [0.3, 0.4) is 0 Å². The fourth-order valence-electron chi connectivity index (χ4n) is 3.51. The molecule has 1 atom stereocenters. The van der Waals surface area contributed by atoms with Crippen LogP contribution in [0, 0.1) is 20.8 Å². The smallest absolute Gasteiger partial charge is 0.262 e. The summed E-state index contributed by atoms with van der Waals surface area (Å²) >= 11 is 0. The van der Waals surface area contributed by atoms with Crippen molar-refractivity contribution in [3.63, 3.8) is 0 Å². The molecule has 0 fully saturated rings. The maximum Gasteiger partial charge on any atom is 0.262 e. The molecule has 1 amide bonds. The minimum atomic E-state index is -3.85. The van der Waals surface area contributed by atoms with Gasteiger partial charge in [0, 0.05) is 5.56 Å². The molecule has 31 heavy (non-hydrogen) atoms. The molecule has 3 rings (SSSR count). The molecule has 0 aliphatic heterocycles. The van der Waals surface area contributed by atoms with Crippen LogP contribution in [0.4, 0.5) is 5.69 Å². The van der Waals surface area contributed by atoms with Gasteiger partial charge in [-0.3, -0.25) is 9.52 Å². The molecule has 0 spiro atoms. The molecule has 0 heterocycles. The van der Waals surface area contributed by atoms with E-state index in [2.05, 4.69) is 10.0 Å². The van der Waals surface area contributed by atoms with E-state index < -0.39 is 10.0 Å². The lowest BCUT2D eigenvalue weighted by atomic mass is 10.0. The van der Waals surface area contributed by atoms with Gasteiger partial charge in [0.2, 0.25) is 0 Å². The Bertz CT molecular complexity index is 1190. The van der Waals surface area contributed by atoms with Gasteiger partial charge in [-0.1, -0.05) is 61.0 Å². The van der Waals surface area contributed by atoms with E-state index in [1.807, 2.05) is 63.2 Å². The Balaban J connectivity index is 1.87. The van der Waals surface area contributed by atoms with Crippen molar-refractivity contribution in [3.05, 3.63) is 94.5 Å². The van der Waals surface area contributed by atoms with Crippen molar-refractivity contribution in [3.8, 4) is 0 Å². The summed E-state index contributed by atoms with van der Waals surface area (Å²) in [6, 6.07) is 19.8. The number of nitrogens with one attached hydrogen (secondary N) is 2. The number of benzene rings is 3. The lowest BCUT2D eigenvalue weighted by Crippen LogP contribution is -2.28. The molecule has 0 radical (unpaired) electrons. The van der Waals surface area contributed by atoms with Crippen LogP contribution in [0.15, 0.2) is 71.6 Å². The second-order valence-electron chi connectivity index (χ2n) is 7.75. The Labute approximate surface area is 184 Å². The highest BCUT2D eigenvalue weighted by Gasteiger charge is 2.21. The molecule has 0 bridgehead atoms. The van der Waals surface area contributed by atoms with Crippen LogP contribution in [0.2, 0.25) is 0 Å². The van der Waals surface area contributed by atoms with E-state index in [-0.39, 0.29) is 16.8 Å². The van der Waals surface area contributed by atoms with E-state index >= 15 is 0 Å². The molecule has 3 aromatic carbocycles. The number of hydrogen-bond donors (Lipinski definition) is 2. The number of carbonyl (C=O) groups excluding carboxylic acids is 1. The molecule has 6 heteroatoms. The van der Waals surface area contributed by atoms with Crippen LogP contribution in [0.1, 0.15) is 52.0 Å². The Morgan fingerprint density at radius 3 is 2.26 bits per heavy atom. The molecule has 0 aliphatic carbocycles. The Kier molecular flexibility index (Phi) is 6.81. The van der Waals surface area contributed by atoms with E-state index in [4.69, 9.17) is 0 Å². The second-order valence-corrected chi connectivity index (χ2v) is 9.40. The van der Waals surface area contributed by atoms with Gasteiger partial charge in [0.15, 0.2) is 0 Å². The summed E-state index contributed by atoms with van der Waals surface area (Å²) in [4.78, 5) is 13.0. The van der Waals surface area contributed by atoms with E-state index in [1.165, 1.54) is 6.07 Å². The van der Waals surface area contributed by atoms with Crippen LogP contribution in [-0.4, -0.2) is 14.3 Å². The molecule has 0 saturated heterocycles. The van der Waals surface area contributed by atoms with E-state index in [0.717, 1.165) is 23.1 Å². The molecule has 3 aromatic rings. The topological polar surface area (TPSA) is 75.3 Å². The van der Waals surface area contributed by atoms with Gasteiger partial charge in [0.1, 0.15) is 0 Å². The standard InChI is InChI=1S/C25H28N2O3S/c1-5-22(20-9-7-6-8-10-20)26-25(28)21-13-12-18(3)24(16-21)31(29,30)27-23-14-11-17(2)15-19(23)4/h6-16,22,27H,5H2,1-4H3,(H,26,28)/t22-/m1/s1. The molecule has 162 valence electrons. The first-order valence-electron chi connectivity index (χ1n) is 10.3. The fraction of sp³-hybridized carbons (Fsp3) is 0.240. The third kappa shape index (κ3) is 5.33. The first kappa shape index (κ1) is 22.6. The maximum atomic E-state index is 13.1. The van der Waals surface area contributed by atoms with Gasteiger partial charge >= 0.3 is 0 Å². The van der Waals surface area contributed by atoms with Crippen LogP contribution < -0.4 is 10.0 Å². The van der Waals surface area contributed by atoms with Gasteiger partial charge in [-0.15, -0.1) is 0 Å². The highest BCUT2D eigenvalue weighted by atomic mass is 32.2. The molecule has 5 nitrogen and oxygen atoms in total. The summed E-state index contributed by atoms with van der Waals surface area (Å²) in [7, 11) is -3.85. The number of hydrogen-bond acceptors (Lipinski definition) is 3. The summed E-state index contributed by atoms with van der Waals surface area (Å²) in [5.74, 6) is -0.307. The number of rotatable bonds is 7. The van der Waals surface area contributed by atoms with E-state index in [9.17, 15) is 13.2 Å². The Morgan fingerprint density at radius 2 is 1.61 bits per heavy atom. The first-order chi connectivity index (χ1) is 14.7. The van der Waals surface area contributed by atoms with Gasteiger partial charge in [-0.25, -0.2) is 8.42 Å². The minimum absolute atomic E-state index is 0.0906. The highest BCUT2D eigenvalue weighted by molar-refractivity contribution is 7.92. The fourth-order valence-corrected chi connectivity index (χ4v) is 4.91. The summed E-state index contributed by atoms with van der Waals surface area (Å²) in [6.45, 7) is 7.53. The van der Waals surface area contributed by atoms with Crippen LogP contribution in [0.5, 0.6) is 0 Å². The molecule has 0 aliphatic rings. The number of amides is 1. The van der Waals surface area contributed by atoms with Crippen molar-refractivity contribution >= 4 is 21.6 Å². The largest absolute Gasteiger partial charge is 0.345 e. The van der Waals surface area contributed by atoms with E-state index in [0.29, 0.717) is 16.8 Å². The van der Waals surface area contributed by atoms with Gasteiger partial charge in [-0.05, 0) is 62.1 Å². The highest BCUT2D eigenvalue weighted by Crippen LogP contribution is 2.24. The lowest BCUT2D eigenvalue weighted by molar-refractivity contribution is 0.0935. The van der Waals surface area contributed by atoms with Gasteiger partial charge < -0.3 is 5.32 Å². The van der Waals surface area contributed by atoms with E-state index in [1.54, 1.807) is 25.1 Å². The van der Waals surface area contributed by atoms with Crippen LogP contribution in [0.25, 0.3) is 0 Å².